The Morgan fingerprint density at radius 2 is 2.08 bits per heavy atom. The van der Waals surface area contributed by atoms with Gasteiger partial charge in [-0.3, -0.25) is 15.5 Å². The molecule has 0 atom stereocenters. The minimum atomic E-state index is -0.287. The molecule has 13 heavy (non-hydrogen) atoms. The van der Waals surface area contributed by atoms with E-state index in [1.165, 1.54) is 0 Å². The zero-order valence-electron chi connectivity index (χ0n) is 6.66. The van der Waals surface area contributed by atoms with E-state index in [1.54, 1.807) is 24.3 Å². The van der Waals surface area contributed by atoms with Gasteiger partial charge in [-0.15, -0.1) is 0 Å². The second-order valence-electron chi connectivity index (χ2n) is 2.24. The molecular weight excluding hydrogens is 285 g/mol. The van der Waals surface area contributed by atoms with Crippen molar-refractivity contribution in [1.82, 2.24) is 0 Å². The standard InChI is InChI=1S/C8H8INO3/c9-5-8(11)13-7-3-1-6(10-12)2-4-7/h1-4,10,12H,5H2. The van der Waals surface area contributed by atoms with Gasteiger partial charge in [-0.05, 0) is 24.3 Å². The first-order chi connectivity index (χ1) is 6.26. The Morgan fingerprint density at radius 3 is 2.54 bits per heavy atom. The molecule has 0 bridgehead atoms. The highest BCUT2D eigenvalue weighted by molar-refractivity contribution is 14.1. The molecule has 2 N–H and O–H groups in total. The third-order valence-corrected chi connectivity index (χ3v) is 1.95. The molecular formula is C8H8INO3. The second-order valence-corrected chi connectivity index (χ2v) is 3.01. The molecule has 0 unspecified atom stereocenters. The molecule has 0 aliphatic carbocycles. The van der Waals surface area contributed by atoms with Crippen LogP contribution in [0.1, 0.15) is 0 Å². The number of hydrogen-bond donors (Lipinski definition) is 2. The topological polar surface area (TPSA) is 58.6 Å². The highest BCUT2D eigenvalue weighted by Crippen LogP contribution is 2.15. The summed E-state index contributed by atoms with van der Waals surface area (Å²) in [6.07, 6.45) is 0. The largest absolute Gasteiger partial charge is 0.426 e. The molecule has 0 radical (unpaired) electrons. The molecule has 0 aliphatic heterocycles. The van der Waals surface area contributed by atoms with Crippen LogP contribution in [-0.2, 0) is 4.79 Å². The van der Waals surface area contributed by atoms with Crippen LogP contribution >= 0.6 is 22.6 Å². The molecule has 1 aromatic carbocycles. The molecule has 1 rings (SSSR count). The van der Waals surface area contributed by atoms with Gasteiger partial charge in [-0.1, -0.05) is 22.6 Å². The Balaban J connectivity index is 2.64. The average molecular weight is 293 g/mol. The maximum atomic E-state index is 10.8. The van der Waals surface area contributed by atoms with Gasteiger partial charge < -0.3 is 4.74 Å². The second kappa shape index (κ2) is 5.03. The van der Waals surface area contributed by atoms with Crippen molar-refractivity contribution in [2.24, 2.45) is 0 Å². The molecule has 0 heterocycles. The smallest absolute Gasteiger partial charge is 0.321 e. The fraction of sp³-hybridized carbons (Fsp3) is 0.125. The molecule has 0 aliphatic rings. The zero-order chi connectivity index (χ0) is 9.68. The summed E-state index contributed by atoms with van der Waals surface area (Å²) in [4.78, 5) is 10.8. The van der Waals surface area contributed by atoms with Crippen molar-refractivity contribution in [3.63, 3.8) is 0 Å². The number of hydrogen-bond acceptors (Lipinski definition) is 4. The number of esters is 1. The number of ether oxygens (including phenoxy) is 1. The van der Waals surface area contributed by atoms with Crippen LogP contribution in [0.2, 0.25) is 0 Å². The van der Waals surface area contributed by atoms with E-state index in [9.17, 15) is 4.79 Å². The molecule has 1 aromatic rings. The molecule has 4 nitrogen and oxygen atoms in total. The third kappa shape index (κ3) is 3.19. The van der Waals surface area contributed by atoms with E-state index in [2.05, 4.69) is 0 Å². The van der Waals surface area contributed by atoms with Gasteiger partial charge in [-0.25, -0.2) is 0 Å². The van der Waals surface area contributed by atoms with E-state index in [-0.39, 0.29) is 5.97 Å². The van der Waals surface area contributed by atoms with E-state index in [4.69, 9.17) is 9.94 Å². The van der Waals surface area contributed by atoms with Gasteiger partial charge in [0.2, 0.25) is 0 Å². The molecule has 0 aromatic heterocycles. The van der Waals surface area contributed by atoms with E-state index in [0.717, 1.165) is 0 Å². The summed E-state index contributed by atoms with van der Waals surface area (Å²) in [5.74, 6) is 0.186. The number of anilines is 1. The normalized spacial score (nSPS) is 9.38. The Bertz CT molecular complexity index is 286. The number of carbonyl (C=O) groups excluding carboxylic acids is 1. The van der Waals surface area contributed by atoms with Crippen molar-refractivity contribution in [1.29, 1.82) is 0 Å². The van der Waals surface area contributed by atoms with E-state index >= 15 is 0 Å². The number of alkyl halides is 1. The lowest BCUT2D eigenvalue weighted by atomic mass is 10.3. The van der Waals surface area contributed by atoms with E-state index in [1.807, 2.05) is 28.1 Å². The SMILES string of the molecule is O=C(CI)Oc1ccc(NO)cc1. The predicted octanol–water partition coefficient (Wildman–Crippen LogP) is 1.83. The predicted molar refractivity (Wildman–Crippen MR) is 56.4 cm³/mol. The highest BCUT2D eigenvalue weighted by Gasteiger charge is 2.01. The van der Waals surface area contributed by atoms with Crippen LogP contribution in [0.5, 0.6) is 5.75 Å². The first-order valence-electron chi connectivity index (χ1n) is 3.53. The van der Waals surface area contributed by atoms with Crippen molar-refractivity contribution >= 4 is 34.2 Å². The summed E-state index contributed by atoms with van der Waals surface area (Å²) < 4.78 is 5.22. The summed E-state index contributed by atoms with van der Waals surface area (Å²) in [6.45, 7) is 0. The summed E-state index contributed by atoms with van der Waals surface area (Å²) in [7, 11) is 0. The first kappa shape index (κ1) is 10.3. The summed E-state index contributed by atoms with van der Waals surface area (Å²) in [5.41, 5.74) is 2.53. The Labute approximate surface area is 89.0 Å². The van der Waals surface area contributed by atoms with Gasteiger partial charge in [-0.2, -0.15) is 0 Å². The van der Waals surface area contributed by atoms with E-state index < -0.39 is 0 Å². The number of rotatable bonds is 3. The molecule has 0 spiro atoms. The molecule has 70 valence electrons. The van der Waals surface area contributed by atoms with E-state index in [0.29, 0.717) is 15.9 Å². The molecule has 0 saturated carbocycles. The fourth-order valence-corrected chi connectivity index (χ4v) is 0.912. The van der Waals surface area contributed by atoms with Crippen LogP contribution in [0.25, 0.3) is 0 Å². The highest BCUT2D eigenvalue weighted by atomic mass is 127. The van der Waals surface area contributed by atoms with Gasteiger partial charge in [0.1, 0.15) is 5.75 Å². The van der Waals surface area contributed by atoms with Crippen molar-refractivity contribution in [3.8, 4) is 5.75 Å². The molecule has 0 saturated heterocycles. The lowest BCUT2D eigenvalue weighted by molar-refractivity contribution is -0.131. The number of halogens is 1. The third-order valence-electron chi connectivity index (χ3n) is 1.32. The lowest BCUT2D eigenvalue weighted by Gasteiger charge is -2.02. The minimum Gasteiger partial charge on any atom is -0.426 e. The molecule has 0 amide bonds. The summed E-state index contributed by atoms with van der Waals surface area (Å²) >= 11 is 1.93. The van der Waals surface area contributed by atoms with Crippen LogP contribution in [0.15, 0.2) is 24.3 Å². The quantitative estimate of drug-likeness (QED) is 0.293. The van der Waals surface area contributed by atoms with Crippen molar-refractivity contribution in [2.75, 3.05) is 9.91 Å². The average Bonchev–Trinajstić information content (AvgIpc) is 2.19. The van der Waals surface area contributed by atoms with Gasteiger partial charge in [0, 0.05) is 0 Å². The monoisotopic (exact) mass is 293 g/mol. The minimum absolute atomic E-state index is 0.287. The zero-order valence-corrected chi connectivity index (χ0v) is 8.82. The first-order valence-corrected chi connectivity index (χ1v) is 5.05. The van der Waals surface area contributed by atoms with Crippen molar-refractivity contribution in [3.05, 3.63) is 24.3 Å². The maximum Gasteiger partial charge on any atom is 0.321 e. The van der Waals surface area contributed by atoms with Gasteiger partial charge >= 0.3 is 5.97 Å². The summed E-state index contributed by atoms with van der Waals surface area (Å²) in [5, 5.41) is 8.50. The van der Waals surface area contributed by atoms with Crippen LogP contribution in [0, 0.1) is 0 Å². The Morgan fingerprint density at radius 1 is 1.46 bits per heavy atom. The van der Waals surface area contributed by atoms with Crippen LogP contribution in [-0.4, -0.2) is 15.6 Å². The number of carbonyl (C=O) groups is 1. The Hall–Kier alpha value is -0.820. The van der Waals surface area contributed by atoms with Gasteiger partial charge in [0.25, 0.3) is 0 Å². The Kier molecular flexibility index (Phi) is 3.97. The number of benzene rings is 1. The van der Waals surface area contributed by atoms with Crippen LogP contribution in [0.4, 0.5) is 5.69 Å². The van der Waals surface area contributed by atoms with Gasteiger partial charge in [0.15, 0.2) is 0 Å². The van der Waals surface area contributed by atoms with Crippen molar-refractivity contribution in [2.45, 2.75) is 0 Å². The summed E-state index contributed by atoms with van der Waals surface area (Å²) in [6, 6.07) is 6.41. The van der Waals surface area contributed by atoms with Crippen molar-refractivity contribution < 1.29 is 14.7 Å². The van der Waals surface area contributed by atoms with Crippen LogP contribution < -0.4 is 10.2 Å². The lowest BCUT2D eigenvalue weighted by Crippen LogP contribution is -2.08. The number of nitrogens with one attached hydrogen (secondary N) is 1. The molecule has 0 fully saturated rings. The fourth-order valence-electron chi connectivity index (χ4n) is 0.756. The maximum absolute atomic E-state index is 10.8. The van der Waals surface area contributed by atoms with Gasteiger partial charge in [0.05, 0.1) is 10.1 Å². The molecule has 5 heteroatoms. The van der Waals surface area contributed by atoms with Crippen LogP contribution in [0.3, 0.4) is 0 Å².